The molecule has 0 aliphatic carbocycles. The van der Waals surface area contributed by atoms with Gasteiger partial charge in [-0.2, -0.15) is 0 Å². The maximum atomic E-state index is 13.4. The second kappa shape index (κ2) is 10.5. The van der Waals surface area contributed by atoms with Crippen molar-refractivity contribution < 1.29 is 19.2 Å². The molecule has 1 fully saturated rings. The number of anilines is 1. The van der Waals surface area contributed by atoms with E-state index >= 15 is 0 Å². The Morgan fingerprint density at radius 2 is 1.82 bits per heavy atom. The third-order valence-electron chi connectivity index (χ3n) is 5.69. The van der Waals surface area contributed by atoms with E-state index in [0.717, 1.165) is 35.3 Å². The lowest BCUT2D eigenvalue weighted by atomic mass is 10.0. The minimum Gasteiger partial charge on any atom is -0.484 e. The van der Waals surface area contributed by atoms with E-state index in [4.69, 9.17) is 4.74 Å². The summed E-state index contributed by atoms with van der Waals surface area (Å²) in [5.41, 5.74) is 2.20. The summed E-state index contributed by atoms with van der Waals surface area (Å²) in [6, 6.07) is 15.4. The highest BCUT2D eigenvalue weighted by Crippen LogP contribution is 2.40. The van der Waals surface area contributed by atoms with Crippen molar-refractivity contribution in [1.82, 2.24) is 4.90 Å². The predicted molar refractivity (Wildman–Crippen MR) is 131 cm³/mol. The number of nitrogens with one attached hydrogen (secondary N) is 1. The van der Waals surface area contributed by atoms with E-state index in [-0.39, 0.29) is 24.0 Å². The van der Waals surface area contributed by atoms with Crippen LogP contribution in [0.1, 0.15) is 35.2 Å². The molecule has 0 unspecified atom stereocenters. The molecule has 9 heteroatoms. The number of rotatable bonds is 7. The summed E-state index contributed by atoms with van der Waals surface area (Å²) in [6.45, 7) is 2.98. The molecule has 1 aliphatic heterocycles. The van der Waals surface area contributed by atoms with Crippen molar-refractivity contribution in [3.63, 3.8) is 0 Å². The Kier molecular flexibility index (Phi) is 7.22. The van der Waals surface area contributed by atoms with Gasteiger partial charge in [0.1, 0.15) is 10.8 Å². The molecule has 1 N–H and O–H groups in total. The van der Waals surface area contributed by atoms with E-state index in [1.165, 1.54) is 29.5 Å². The van der Waals surface area contributed by atoms with E-state index < -0.39 is 10.8 Å². The molecule has 2 amide bonds. The topological polar surface area (TPSA) is 102 Å². The molecular formula is C25H25N3O5S. The third kappa shape index (κ3) is 5.26. The van der Waals surface area contributed by atoms with Gasteiger partial charge in [0.25, 0.3) is 17.5 Å². The first-order valence-corrected chi connectivity index (χ1v) is 11.9. The smallest absolute Gasteiger partial charge is 0.273 e. The fourth-order valence-corrected chi connectivity index (χ4v) is 5.20. The minimum atomic E-state index is -0.523. The molecule has 176 valence electrons. The van der Waals surface area contributed by atoms with Gasteiger partial charge < -0.3 is 15.0 Å². The number of amides is 2. The molecule has 0 radical (unpaired) electrons. The lowest BCUT2D eigenvalue weighted by Gasteiger charge is -2.27. The summed E-state index contributed by atoms with van der Waals surface area (Å²) < 4.78 is 5.46. The Morgan fingerprint density at radius 1 is 1.09 bits per heavy atom. The zero-order valence-corrected chi connectivity index (χ0v) is 19.6. The monoisotopic (exact) mass is 479 g/mol. The number of hydrogen-bond acceptors (Lipinski definition) is 6. The number of thiophene rings is 1. The number of piperidine rings is 1. The Bertz CT molecular complexity index is 1200. The van der Waals surface area contributed by atoms with Gasteiger partial charge in [0.05, 0.1) is 16.6 Å². The number of carbonyl (C=O) groups is 2. The van der Waals surface area contributed by atoms with Crippen LogP contribution in [0.2, 0.25) is 0 Å². The van der Waals surface area contributed by atoms with Crippen LogP contribution < -0.4 is 10.1 Å². The first-order valence-electron chi connectivity index (χ1n) is 11.1. The highest BCUT2D eigenvalue weighted by Gasteiger charge is 2.27. The minimum absolute atomic E-state index is 0.0782. The van der Waals surface area contributed by atoms with Gasteiger partial charge >= 0.3 is 0 Å². The summed E-state index contributed by atoms with van der Waals surface area (Å²) in [4.78, 5) is 39.4. The van der Waals surface area contributed by atoms with Crippen molar-refractivity contribution >= 4 is 33.8 Å². The van der Waals surface area contributed by atoms with Crippen LogP contribution in [-0.2, 0) is 4.79 Å². The van der Waals surface area contributed by atoms with Crippen LogP contribution in [0.3, 0.4) is 0 Å². The summed E-state index contributed by atoms with van der Waals surface area (Å²) in [7, 11) is 0. The average Bonchev–Trinajstić information content (AvgIpc) is 3.18. The highest BCUT2D eigenvalue weighted by molar-refractivity contribution is 7.20. The number of nitro groups is 1. The van der Waals surface area contributed by atoms with Crippen molar-refractivity contribution in [2.75, 3.05) is 25.0 Å². The summed E-state index contributed by atoms with van der Waals surface area (Å²) in [5.74, 6) is -0.299. The maximum Gasteiger partial charge on any atom is 0.273 e. The Labute approximate surface area is 201 Å². The van der Waals surface area contributed by atoms with Crippen molar-refractivity contribution in [2.24, 2.45) is 0 Å². The molecule has 1 saturated heterocycles. The van der Waals surface area contributed by atoms with Crippen LogP contribution in [0, 0.1) is 17.0 Å². The molecule has 34 heavy (non-hydrogen) atoms. The summed E-state index contributed by atoms with van der Waals surface area (Å²) in [6.07, 6.45) is 3.05. The van der Waals surface area contributed by atoms with Crippen LogP contribution in [0.25, 0.3) is 10.4 Å². The van der Waals surface area contributed by atoms with Crippen molar-refractivity contribution in [2.45, 2.75) is 26.2 Å². The van der Waals surface area contributed by atoms with Gasteiger partial charge in [0, 0.05) is 24.0 Å². The number of nitro benzene ring substituents is 1. The Balaban J connectivity index is 1.57. The molecule has 4 rings (SSSR count). The maximum absolute atomic E-state index is 13.4. The summed E-state index contributed by atoms with van der Waals surface area (Å²) in [5, 5.41) is 14.3. The molecule has 1 aromatic heterocycles. The average molecular weight is 480 g/mol. The van der Waals surface area contributed by atoms with Crippen LogP contribution in [0.5, 0.6) is 5.75 Å². The first kappa shape index (κ1) is 23.4. The normalized spacial score (nSPS) is 13.4. The van der Waals surface area contributed by atoms with Gasteiger partial charge in [0.15, 0.2) is 6.61 Å². The fourth-order valence-electron chi connectivity index (χ4n) is 3.98. The van der Waals surface area contributed by atoms with Crippen LogP contribution >= 0.6 is 11.3 Å². The number of ether oxygens (including phenoxy) is 1. The SMILES string of the molecule is Cc1c(-c2ccccc2)sc(NC(=O)COc2cccc([N+](=O)[O-])c2)c1C(=O)N1CCCCC1. The lowest BCUT2D eigenvalue weighted by molar-refractivity contribution is -0.384. The second-order valence-corrected chi connectivity index (χ2v) is 9.09. The number of non-ortho nitro benzene ring substituents is 1. The van der Waals surface area contributed by atoms with Crippen molar-refractivity contribution in [1.29, 1.82) is 0 Å². The number of carbonyl (C=O) groups excluding carboxylic acids is 2. The molecule has 0 bridgehead atoms. The van der Waals surface area contributed by atoms with E-state index in [0.29, 0.717) is 23.7 Å². The molecule has 0 atom stereocenters. The van der Waals surface area contributed by atoms with Gasteiger partial charge in [0.2, 0.25) is 0 Å². The molecular weight excluding hydrogens is 454 g/mol. The number of hydrogen-bond donors (Lipinski definition) is 1. The first-order chi connectivity index (χ1) is 16.4. The Morgan fingerprint density at radius 3 is 2.53 bits per heavy atom. The molecule has 1 aliphatic rings. The molecule has 0 saturated carbocycles. The van der Waals surface area contributed by atoms with E-state index in [1.54, 1.807) is 6.07 Å². The highest BCUT2D eigenvalue weighted by atomic mass is 32.1. The number of nitrogens with zero attached hydrogens (tertiary/aromatic N) is 2. The van der Waals surface area contributed by atoms with E-state index in [1.807, 2.05) is 42.2 Å². The zero-order chi connectivity index (χ0) is 24.1. The Hall–Kier alpha value is -3.72. The van der Waals surface area contributed by atoms with Gasteiger partial charge in [-0.3, -0.25) is 19.7 Å². The van der Waals surface area contributed by atoms with Crippen LogP contribution in [0.4, 0.5) is 10.7 Å². The van der Waals surface area contributed by atoms with E-state index in [9.17, 15) is 19.7 Å². The van der Waals surface area contributed by atoms with Gasteiger partial charge in [-0.05, 0) is 43.4 Å². The van der Waals surface area contributed by atoms with Crippen LogP contribution in [-0.4, -0.2) is 41.3 Å². The molecule has 0 spiro atoms. The second-order valence-electron chi connectivity index (χ2n) is 8.07. The quantitative estimate of drug-likeness (QED) is 0.367. The molecule has 8 nitrogen and oxygen atoms in total. The van der Waals surface area contributed by atoms with Gasteiger partial charge in [-0.1, -0.05) is 36.4 Å². The van der Waals surface area contributed by atoms with Crippen molar-refractivity contribution in [3.05, 3.63) is 75.8 Å². The summed E-state index contributed by atoms with van der Waals surface area (Å²) >= 11 is 1.36. The standard InChI is InChI=1S/C25H25N3O5S/c1-17-22(25(30)27-13-6-3-7-14-27)24(34-23(17)18-9-4-2-5-10-18)26-21(29)16-33-20-12-8-11-19(15-20)28(31)32/h2,4-5,8-12,15H,3,6-7,13-14,16H2,1H3,(H,26,29). The lowest BCUT2D eigenvalue weighted by Crippen LogP contribution is -2.36. The van der Waals surface area contributed by atoms with E-state index in [2.05, 4.69) is 5.32 Å². The van der Waals surface area contributed by atoms with Crippen LogP contribution in [0.15, 0.2) is 54.6 Å². The van der Waals surface area contributed by atoms with Gasteiger partial charge in [-0.25, -0.2) is 0 Å². The predicted octanol–water partition coefficient (Wildman–Crippen LogP) is 5.28. The third-order valence-corrected chi connectivity index (χ3v) is 6.95. The zero-order valence-electron chi connectivity index (χ0n) is 18.8. The molecule has 2 aromatic carbocycles. The van der Waals surface area contributed by atoms with Gasteiger partial charge in [-0.15, -0.1) is 11.3 Å². The largest absolute Gasteiger partial charge is 0.484 e. The number of likely N-dealkylation sites (tertiary alicyclic amines) is 1. The number of benzene rings is 2. The molecule has 3 aromatic rings. The molecule has 2 heterocycles. The fraction of sp³-hybridized carbons (Fsp3) is 0.280. The van der Waals surface area contributed by atoms with Crippen molar-refractivity contribution in [3.8, 4) is 16.2 Å².